The normalized spacial score (nSPS) is 15.1. The van der Waals surface area contributed by atoms with Crippen LogP contribution in [0.4, 0.5) is 0 Å². The molecule has 0 aliphatic heterocycles. The van der Waals surface area contributed by atoms with Gasteiger partial charge in [-0.15, -0.1) is 0 Å². The molecule has 0 aliphatic carbocycles. The molecule has 0 radical (unpaired) electrons. The highest BCUT2D eigenvalue weighted by Crippen LogP contribution is 2.09. The van der Waals surface area contributed by atoms with E-state index in [1.165, 1.54) is 5.56 Å². The Morgan fingerprint density at radius 1 is 1.67 bits per heavy atom. The first kappa shape index (κ1) is 12.4. The van der Waals surface area contributed by atoms with E-state index in [4.69, 9.17) is 0 Å². The van der Waals surface area contributed by atoms with Crippen LogP contribution in [0.5, 0.6) is 0 Å². The summed E-state index contributed by atoms with van der Waals surface area (Å²) in [5, 5.41) is 7.44. The van der Waals surface area contributed by atoms with Gasteiger partial charge in [-0.1, -0.05) is 6.92 Å². The molecule has 0 spiro atoms. The summed E-state index contributed by atoms with van der Waals surface area (Å²) in [7, 11) is 1.23. The Labute approximate surface area is 93.5 Å². The van der Waals surface area contributed by atoms with Gasteiger partial charge in [0.15, 0.2) is 0 Å². The summed E-state index contributed by atoms with van der Waals surface area (Å²) < 4.78 is 13.0. The summed E-state index contributed by atoms with van der Waals surface area (Å²) in [4.78, 5) is 0. The fraction of sp³-hybridized carbons (Fsp3) is 0.700. The SMILES string of the molecule is CCS(=O)CCNC(C)c1cnn(C)c1. The molecule has 5 heteroatoms. The van der Waals surface area contributed by atoms with Crippen LogP contribution in [0, 0.1) is 0 Å². The Morgan fingerprint density at radius 3 is 2.93 bits per heavy atom. The average Bonchev–Trinajstić information content (AvgIpc) is 2.64. The second-order valence-corrected chi connectivity index (χ2v) is 5.42. The molecule has 1 aromatic heterocycles. The van der Waals surface area contributed by atoms with Crippen molar-refractivity contribution in [3.05, 3.63) is 18.0 Å². The highest BCUT2D eigenvalue weighted by molar-refractivity contribution is 7.84. The molecule has 2 atom stereocenters. The first-order chi connectivity index (χ1) is 7.13. The predicted molar refractivity (Wildman–Crippen MR) is 63.2 cm³/mol. The number of hydrogen-bond donors (Lipinski definition) is 1. The minimum absolute atomic E-state index is 0.271. The average molecular weight is 229 g/mol. The molecule has 0 aromatic carbocycles. The van der Waals surface area contributed by atoms with Crippen molar-refractivity contribution in [2.45, 2.75) is 19.9 Å². The lowest BCUT2D eigenvalue weighted by atomic mass is 10.2. The number of nitrogens with one attached hydrogen (secondary N) is 1. The Morgan fingerprint density at radius 2 is 2.40 bits per heavy atom. The van der Waals surface area contributed by atoms with Gasteiger partial charge in [-0.2, -0.15) is 5.10 Å². The van der Waals surface area contributed by atoms with Crippen LogP contribution in [-0.4, -0.2) is 32.0 Å². The topological polar surface area (TPSA) is 46.9 Å². The van der Waals surface area contributed by atoms with Crippen LogP contribution in [0.25, 0.3) is 0 Å². The Balaban J connectivity index is 2.30. The van der Waals surface area contributed by atoms with Crippen molar-refractivity contribution in [1.82, 2.24) is 15.1 Å². The molecular weight excluding hydrogens is 210 g/mol. The quantitative estimate of drug-likeness (QED) is 0.786. The van der Waals surface area contributed by atoms with Crippen molar-refractivity contribution in [3.63, 3.8) is 0 Å². The molecule has 2 unspecified atom stereocenters. The second-order valence-electron chi connectivity index (χ2n) is 3.56. The van der Waals surface area contributed by atoms with E-state index >= 15 is 0 Å². The monoisotopic (exact) mass is 229 g/mol. The van der Waals surface area contributed by atoms with Crippen LogP contribution in [0.15, 0.2) is 12.4 Å². The number of nitrogens with zero attached hydrogens (tertiary/aromatic N) is 2. The molecule has 4 nitrogen and oxygen atoms in total. The van der Waals surface area contributed by atoms with E-state index in [1.807, 2.05) is 26.4 Å². The van der Waals surface area contributed by atoms with Crippen molar-refractivity contribution in [2.75, 3.05) is 18.1 Å². The van der Waals surface area contributed by atoms with Crippen LogP contribution in [-0.2, 0) is 17.8 Å². The standard InChI is InChI=1S/C10H19N3OS/c1-4-15(14)6-5-11-9(2)10-7-12-13(3)8-10/h7-9,11H,4-6H2,1-3H3. The van der Waals surface area contributed by atoms with E-state index in [0.29, 0.717) is 0 Å². The van der Waals surface area contributed by atoms with Gasteiger partial charge in [-0.25, -0.2) is 0 Å². The minimum atomic E-state index is -0.678. The summed E-state index contributed by atoms with van der Waals surface area (Å²) in [6.45, 7) is 4.82. The molecule has 0 amide bonds. The molecule has 1 heterocycles. The number of aryl methyl sites for hydroxylation is 1. The van der Waals surface area contributed by atoms with Gasteiger partial charge in [-0.05, 0) is 6.92 Å². The highest BCUT2D eigenvalue weighted by Gasteiger charge is 2.06. The Kier molecular flexibility index (Phi) is 4.98. The van der Waals surface area contributed by atoms with Gasteiger partial charge in [0.25, 0.3) is 0 Å². The first-order valence-electron chi connectivity index (χ1n) is 5.20. The van der Waals surface area contributed by atoms with Crippen LogP contribution in [0.3, 0.4) is 0 Å². The smallest absolute Gasteiger partial charge is 0.0537 e. The molecule has 0 saturated heterocycles. The highest BCUT2D eigenvalue weighted by atomic mass is 32.2. The van der Waals surface area contributed by atoms with Crippen LogP contribution >= 0.6 is 0 Å². The zero-order valence-electron chi connectivity index (χ0n) is 9.56. The number of rotatable bonds is 6. The van der Waals surface area contributed by atoms with Gasteiger partial charge >= 0.3 is 0 Å². The molecule has 15 heavy (non-hydrogen) atoms. The molecule has 86 valence electrons. The van der Waals surface area contributed by atoms with Crippen molar-refractivity contribution < 1.29 is 4.21 Å². The second kappa shape index (κ2) is 6.02. The van der Waals surface area contributed by atoms with Crippen molar-refractivity contribution in [3.8, 4) is 0 Å². The predicted octanol–water partition coefficient (Wildman–Crippen LogP) is 0.839. The first-order valence-corrected chi connectivity index (χ1v) is 6.69. The van der Waals surface area contributed by atoms with E-state index in [-0.39, 0.29) is 6.04 Å². The molecule has 0 fully saturated rings. The summed E-state index contributed by atoms with van der Waals surface area (Å²) in [6, 6.07) is 0.271. The van der Waals surface area contributed by atoms with Crippen LogP contribution in [0.1, 0.15) is 25.5 Å². The molecule has 0 aliphatic rings. The third-order valence-corrected chi connectivity index (χ3v) is 3.63. The third-order valence-electron chi connectivity index (χ3n) is 2.33. The zero-order chi connectivity index (χ0) is 11.3. The maximum absolute atomic E-state index is 11.2. The van der Waals surface area contributed by atoms with Crippen LogP contribution < -0.4 is 5.32 Å². The van der Waals surface area contributed by atoms with Gasteiger partial charge in [0.05, 0.1) is 6.20 Å². The molecule has 0 saturated carbocycles. The summed E-state index contributed by atoms with van der Waals surface area (Å²) in [5.74, 6) is 1.46. The zero-order valence-corrected chi connectivity index (χ0v) is 10.4. The molecule has 1 aromatic rings. The largest absolute Gasteiger partial charge is 0.309 e. The lowest BCUT2D eigenvalue weighted by Gasteiger charge is -2.11. The fourth-order valence-electron chi connectivity index (χ4n) is 1.32. The molecular formula is C10H19N3OS. The summed E-state index contributed by atoms with van der Waals surface area (Å²) in [6.07, 6.45) is 3.85. The van der Waals surface area contributed by atoms with Gasteiger partial charge < -0.3 is 5.32 Å². The molecule has 0 bridgehead atoms. The fourth-order valence-corrected chi connectivity index (χ4v) is 1.95. The van der Waals surface area contributed by atoms with E-state index in [2.05, 4.69) is 17.3 Å². The van der Waals surface area contributed by atoms with Crippen LogP contribution in [0.2, 0.25) is 0 Å². The van der Waals surface area contributed by atoms with Gasteiger partial charge in [0.1, 0.15) is 0 Å². The maximum Gasteiger partial charge on any atom is 0.0537 e. The molecule has 1 rings (SSSR count). The number of aromatic nitrogens is 2. The van der Waals surface area contributed by atoms with Gasteiger partial charge in [0.2, 0.25) is 0 Å². The van der Waals surface area contributed by atoms with E-state index < -0.39 is 10.8 Å². The summed E-state index contributed by atoms with van der Waals surface area (Å²) >= 11 is 0. The Bertz CT molecular complexity index is 324. The lowest BCUT2D eigenvalue weighted by Crippen LogP contribution is -2.24. The van der Waals surface area contributed by atoms with Crippen molar-refractivity contribution >= 4 is 10.8 Å². The van der Waals surface area contributed by atoms with E-state index in [9.17, 15) is 4.21 Å². The van der Waals surface area contributed by atoms with Gasteiger partial charge in [0, 0.05) is 53.7 Å². The minimum Gasteiger partial charge on any atom is -0.309 e. The Hall–Kier alpha value is -0.680. The maximum atomic E-state index is 11.2. The molecule has 1 N–H and O–H groups in total. The summed E-state index contributed by atoms with van der Waals surface area (Å²) in [5.41, 5.74) is 1.17. The van der Waals surface area contributed by atoms with E-state index in [0.717, 1.165) is 18.1 Å². The van der Waals surface area contributed by atoms with Crippen molar-refractivity contribution in [2.24, 2.45) is 7.05 Å². The lowest BCUT2D eigenvalue weighted by molar-refractivity contribution is 0.596. The third kappa shape index (κ3) is 4.13. The van der Waals surface area contributed by atoms with Gasteiger partial charge in [-0.3, -0.25) is 8.89 Å². The van der Waals surface area contributed by atoms with Crippen molar-refractivity contribution in [1.29, 1.82) is 0 Å². The number of hydrogen-bond acceptors (Lipinski definition) is 3. The van der Waals surface area contributed by atoms with E-state index in [1.54, 1.807) is 4.68 Å².